The summed E-state index contributed by atoms with van der Waals surface area (Å²) in [6.45, 7) is 4.47. The summed E-state index contributed by atoms with van der Waals surface area (Å²) in [5, 5.41) is 3.26. The number of methoxy groups -OCH3 is 1. The molecule has 1 N–H and O–H groups in total. The molecule has 0 aliphatic carbocycles. The molecule has 20 heavy (non-hydrogen) atoms. The first-order valence-corrected chi connectivity index (χ1v) is 7.02. The molecule has 1 unspecified atom stereocenters. The van der Waals surface area contributed by atoms with Crippen LogP contribution in [0.2, 0.25) is 0 Å². The molecule has 1 amide bonds. The lowest BCUT2D eigenvalue weighted by Crippen LogP contribution is -2.42. The van der Waals surface area contributed by atoms with Gasteiger partial charge in [0.2, 0.25) is 0 Å². The molecule has 0 spiro atoms. The van der Waals surface area contributed by atoms with Crippen molar-refractivity contribution in [1.29, 1.82) is 0 Å². The summed E-state index contributed by atoms with van der Waals surface area (Å²) in [5.74, 6) is -0.451. The first-order valence-electron chi connectivity index (χ1n) is 7.02. The Balaban J connectivity index is 2.20. The van der Waals surface area contributed by atoms with E-state index < -0.39 is 5.82 Å². The third-order valence-corrected chi connectivity index (χ3v) is 3.60. The number of rotatable bonds is 5. The van der Waals surface area contributed by atoms with Crippen LogP contribution in [-0.4, -0.2) is 43.6 Å². The molecule has 1 aliphatic rings. The van der Waals surface area contributed by atoms with E-state index in [4.69, 9.17) is 4.74 Å². The summed E-state index contributed by atoms with van der Waals surface area (Å²) >= 11 is 0. The lowest BCUT2D eigenvalue weighted by atomic mass is 10.1. The molecule has 1 aromatic rings. The third kappa shape index (κ3) is 3.10. The van der Waals surface area contributed by atoms with E-state index in [-0.39, 0.29) is 17.7 Å². The molecule has 1 heterocycles. The van der Waals surface area contributed by atoms with E-state index >= 15 is 0 Å². The molecule has 1 aromatic carbocycles. The number of benzene rings is 1. The Hall–Kier alpha value is -1.62. The second-order valence-corrected chi connectivity index (χ2v) is 4.99. The molecule has 1 fully saturated rings. The van der Waals surface area contributed by atoms with Crippen LogP contribution in [-0.2, 0) is 0 Å². The van der Waals surface area contributed by atoms with Crippen molar-refractivity contribution in [2.75, 3.05) is 26.7 Å². The molecule has 5 heteroatoms. The van der Waals surface area contributed by atoms with Gasteiger partial charge >= 0.3 is 0 Å². The number of nitrogens with one attached hydrogen (secondary N) is 1. The molecule has 110 valence electrons. The average molecular weight is 280 g/mol. The fourth-order valence-corrected chi connectivity index (χ4v) is 2.56. The summed E-state index contributed by atoms with van der Waals surface area (Å²) in [5.41, 5.74) is 0.378. The number of carbonyl (C=O) groups is 1. The highest BCUT2D eigenvalue weighted by molar-refractivity contribution is 5.94. The minimum atomic E-state index is -0.501. The van der Waals surface area contributed by atoms with Gasteiger partial charge in [0.1, 0.15) is 0 Å². The molecule has 0 aromatic heterocycles. The Morgan fingerprint density at radius 3 is 2.90 bits per heavy atom. The SMILES string of the molecule is CCCN(C(=O)c1ccc(OC)c(F)c1)C1CCNC1. The van der Waals surface area contributed by atoms with Crippen LogP contribution in [0.25, 0.3) is 0 Å². The van der Waals surface area contributed by atoms with E-state index in [0.717, 1.165) is 25.9 Å². The maximum atomic E-state index is 13.7. The van der Waals surface area contributed by atoms with Crippen molar-refractivity contribution in [3.05, 3.63) is 29.6 Å². The van der Waals surface area contributed by atoms with Crippen LogP contribution in [0.1, 0.15) is 30.1 Å². The van der Waals surface area contributed by atoms with E-state index in [0.29, 0.717) is 12.1 Å². The van der Waals surface area contributed by atoms with Crippen molar-refractivity contribution in [1.82, 2.24) is 10.2 Å². The molecule has 0 saturated carbocycles. The van der Waals surface area contributed by atoms with Crippen LogP contribution < -0.4 is 10.1 Å². The van der Waals surface area contributed by atoms with E-state index in [2.05, 4.69) is 5.32 Å². The van der Waals surface area contributed by atoms with Crippen molar-refractivity contribution in [3.63, 3.8) is 0 Å². The van der Waals surface area contributed by atoms with Crippen LogP contribution in [0, 0.1) is 5.82 Å². The summed E-state index contributed by atoms with van der Waals surface area (Å²) in [6.07, 6.45) is 1.84. The highest BCUT2D eigenvalue weighted by Gasteiger charge is 2.27. The van der Waals surface area contributed by atoms with Crippen molar-refractivity contribution < 1.29 is 13.9 Å². The zero-order chi connectivity index (χ0) is 14.5. The predicted molar refractivity (Wildman–Crippen MR) is 75.6 cm³/mol. The second-order valence-electron chi connectivity index (χ2n) is 4.99. The molecule has 1 saturated heterocycles. The standard InChI is InChI=1S/C15H21FN2O2/c1-3-8-18(12-6-7-17-10-12)15(19)11-4-5-14(20-2)13(16)9-11/h4-5,9,12,17H,3,6-8,10H2,1-2H3. The third-order valence-electron chi connectivity index (χ3n) is 3.60. The number of ether oxygens (including phenoxy) is 1. The minimum absolute atomic E-state index is 0.109. The summed E-state index contributed by atoms with van der Waals surface area (Å²) < 4.78 is 18.6. The zero-order valence-electron chi connectivity index (χ0n) is 12.0. The molecular formula is C15H21FN2O2. The second kappa shape index (κ2) is 6.70. The fourth-order valence-electron chi connectivity index (χ4n) is 2.56. The maximum Gasteiger partial charge on any atom is 0.254 e. The molecule has 1 atom stereocenters. The smallest absolute Gasteiger partial charge is 0.254 e. The van der Waals surface area contributed by atoms with E-state index in [1.165, 1.54) is 19.2 Å². The molecular weight excluding hydrogens is 259 g/mol. The highest BCUT2D eigenvalue weighted by Crippen LogP contribution is 2.20. The molecule has 0 radical (unpaired) electrons. The lowest BCUT2D eigenvalue weighted by Gasteiger charge is -2.28. The fraction of sp³-hybridized carbons (Fsp3) is 0.533. The van der Waals surface area contributed by atoms with Crippen molar-refractivity contribution in [3.8, 4) is 5.75 Å². The van der Waals surface area contributed by atoms with Gasteiger partial charge in [-0.05, 0) is 37.6 Å². The van der Waals surface area contributed by atoms with Gasteiger partial charge in [-0.2, -0.15) is 0 Å². The Morgan fingerprint density at radius 1 is 1.55 bits per heavy atom. The van der Waals surface area contributed by atoms with Gasteiger partial charge in [0, 0.05) is 24.7 Å². The predicted octanol–water partition coefficient (Wildman–Crippen LogP) is 2.05. The summed E-state index contributed by atoms with van der Waals surface area (Å²) in [4.78, 5) is 14.4. The number of hydrogen-bond acceptors (Lipinski definition) is 3. The summed E-state index contributed by atoms with van der Waals surface area (Å²) in [6, 6.07) is 4.58. The first kappa shape index (κ1) is 14.8. The highest BCUT2D eigenvalue weighted by atomic mass is 19.1. The number of halogens is 1. The van der Waals surface area contributed by atoms with Crippen molar-refractivity contribution in [2.45, 2.75) is 25.8 Å². The number of hydrogen-bond donors (Lipinski definition) is 1. The van der Waals surface area contributed by atoms with Gasteiger partial charge in [-0.1, -0.05) is 6.92 Å². The Bertz CT molecular complexity index is 473. The lowest BCUT2D eigenvalue weighted by molar-refractivity contribution is 0.0691. The zero-order valence-corrected chi connectivity index (χ0v) is 12.0. The van der Waals surface area contributed by atoms with Crippen LogP contribution in [0.15, 0.2) is 18.2 Å². The number of amides is 1. The Kier molecular flexibility index (Phi) is 4.95. The molecule has 2 rings (SSSR count). The Morgan fingerprint density at radius 2 is 2.35 bits per heavy atom. The normalized spacial score (nSPS) is 18.1. The minimum Gasteiger partial charge on any atom is -0.494 e. The number of carbonyl (C=O) groups excluding carboxylic acids is 1. The molecule has 0 bridgehead atoms. The topological polar surface area (TPSA) is 41.6 Å². The van der Waals surface area contributed by atoms with Crippen LogP contribution in [0.5, 0.6) is 5.75 Å². The van der Waals surface area contributed by atoms with E-state index in [1.807, 2.05) is 11.8 Å². The summed E-state index contributed by atoms with van der Waals surface area (Å²) in [7, 11) is 1.41. The van der Waals surface area contributed by atoms with Crippen LogP contribution >= 0.6 is 0 Å². The van der Waals surface area contributed by atoms with Gasteiger partial charge in [-0.3, -0.25) is 4.79 Å². The van der Waals surface area contributed by atoms with Gasteiger partial charge in [0.15, 0.2) is 11.6 Å². The maximum absolute atomic E-state index is 13.7. The van der Waals surface area contributed by atoms with E-state index in [1.54, 1.807) is 6.07 Å². The molecule has 1 aliphatic heterocycles. The van der Waals surface area contributed by atoms with Gasteiger partial charge < -0.3 is 15.0 Å². The monoisotopic (exact) mass is 280 g/mol. The van der Waals surface area contributed by atoms with Gasteiger partial charge in [0.05, 0.1) is 7.11 Å². The molecule has 4 nitrogen and oxygen atoms in total. The van der Waals surface area contributed by atoms with Crippen LogP contribution in [0.3, 0.4) is 0 Å². The van der Waals surface area contributed by atoms with Crippen LogP contribution in [0.4, 0.5) is 4.39 Å². The average Bonchev–Trinajstić information content (AvgIpc) is 2.97. The van der Waals surface area contributed by atoms with Gasteiger partial charge in [0.25, 0.3) is 5.91 Å². The Labute approximate surface area is 118 Å². The first-order chi connectivity index (χ1) is 9.67. The van der Waals surface area contributed by atoms with Gasteiger partial charge in [-0.15, -0.1) is 0 Å². The quantitative estimate of drug-likeness (QED) is 0.897. The van der Waals surface area contributed by atoms with Gasteiger partial charge in [-0.25, -0.2) is 4.39 Å². The van der Waals surface area contributed by atoms with E-state index in [9.17, 15) is 9.18 Å². The number of nitrogens with zero attached hydrogens (tertiary/aromatic N) is 1. The largest absolute Gasteiger partial charge is 0.494 e. The van der Waals surface area contributed by atoms with Crippen molar-refractivity contribution >= 4 is 5.91 Å². The van der Waals surface area contributed by atoms with Crippen molar-refractivity contribution in [2.24, 2.45) is 0 Å².